The van der Waals surface area contributed by atoms with Gasteiger partial charge in [0.2, 0.25) is 5.90 Å². The van der Waals surface area contributed by atoms with E-state index in [2.05, 4.69) is 4.99 Å². The highest BCUT2D eigenvalue weighted by Gasteiger charge is 2.23. The molecule has 0 unspecified atom stereocenters. The Kier molecular flexibility index (Phi) is 3.59. The molecule has 0 saturated carbocycles. The molecular formula is C17H12ClNO2. The number of aliphatic imine (C=N–C) groups is 1. The second-order valence-corrected chi connectivity index (χ2v) is 5.19. The van der Waals surface area contributed by atoms with Crippen LogP contribution in [0, 0.1) is 6.92 Å². The molecule has 0 aliphatic carbocycles. The van der Waals surface area contributed by atoms with Crippen molar-refractivity contribution in [3.05, 3.63) is 75.9 Å². The molecule has 1 aliphatic heterocycles. The topological polar surface area (TPSA) is 38.7 Å². The minimum Gasteiger partial charge on any atom is -0.402 e. The fraction of sp³-hybridized carbons (Fsp3) is 0.0588. The van der Waals surface area contributed by atoms with E-state index >= 15 is 0 Å². The first-order chi connectivity index (χ1) is 10.1. The highest BCUT2D eigenvalue weighted by molar-refractivity contribution is 6.30. The second-order valence-electron chi connectivity index (χ2n) is 4.75. The van der Waals surface area contributed by atoms with E-state index in [4.69, 9.17) is 16.3 Å². The number of nitrogens with zero attached hydrogens (tertiary/aromatic N) is 1. The Morgan fingerprint density at radius 2 is 1.71 bits per heavy atom. The summed E-state index contributed by atoms with van der Waals surface area (Å²) >= 11 is 5.84. The van der Waals surface area contributed by atoms with Gasteiger partial charge in [0.1, 0.15) is 0 Å². The van der Waals surface area contributed by atoms with Crippen molar-refractivity contribution in [3.63, 3.8) is 0 Å². The summed E-state index contributed by atoms with van der Waals surface area (Å²) in [5.74, 6) is -0.143. The highest BCUT2D eigenvalue weighted by Crippen LogP contribution is 2.20. The summed E-state index contributed by atoms with van der Waals surface area (Å²) in [6.45, 7) is 2.01. The smallest absolute Gasteiger partial charge is 0.363 e. The van der Waals surface area contributed by atoms with Crippen LogP contribution in [-0.4, -0.2) is 11.9 Å². The van der Waals surface area contributed by atoms with Crippen LogP contribution in [0.15, 0.2) is 59.2 Å². The van der Waals surface area contributed by atoms with E-state index in [0.29, 0.717) is 16.6 Å². The highest BCUT2D eigenvalue weighted by atomic mass is 35.5. The van der Waals surface area contributed by atoms with E-state index in [-0.39, 0.29) is 0 Å². The predicted octanol–water partition coefficient (Wildman–Crippen LogP) is 3.99. The zero-order chi connectivity index (χ0) is 14.8. The van der Waals surface area contributed by atoms with Crippen LogP contribution in [0.5, 0.6) is 0 Å². The second kappa shape index (κ2) is 5.54. The number of rotatable bonds is 2. The predicted molar refractivity (Wildman–Crippen MR) is 83.2 cm³/mol. The quantitative estimate of drug-likeness (QED) is 0.621. The van der Waals surface area contributed by atoms with Crippen molar-refractivity contribution >= 4 is 29.5 Å². The van der Waals surface area contributed by atoms with Gasteiger partial charge in [0.05, 0.1) is 0 Å². The molecule has 0 bridgehead atoms. The van der Waals surface area contributed by atoms with Crippen LogP contribution >= 0.6 is 11.6 Å². The fourth-order valence-electron chi connectivity index (χ4n) is 1.95. The summed E-state index contributed by atoms with van der Waals surface area (Å²) in [6.07, 6.45) is 1.71. The van der Waals surface area contributed by atoms with Crippen molar-refractivity contribution in [1.29, 1.82) is 0 Å². The van der Waals surface area contributed by atoms with Crippen LogP contribution in [0.1, 0.15) is 16.7 Å². The van der Waals surface area contributed by atoms with Gasteiger partial charge in [-0.05, 0) is 42.8 Å². The minimum atomic E-state index is -0.444. The Labute approximate surface area is 127 Å². The first kappa shape index (κ1) is 13.6. The van der Waals surface area contributed by atoms with Crippen LogP contribution < -0.4 is 0 Å². The maximum atomic E-state index is 11.9. The molecule has 0 amide bonds. The molecule has 0 fully saturated rings. The van der Waals surface area contributed by atoms with Gasteiger partial charge in [0, 0.05) is 10.6 Å². The molecule has 21 heavy (non-hydrogen) atoms. The van der Waals surface area contributed by atoms with Crippen molar-refractivity contribution in [2.45, 2.75) is 6.92 Å². The van der Waals surface area contributed by atoms with Gasteiger partial charge in [-0.3, -0.25) is 0 Å². The lowest BCUT2D eigenvalue weighted by Crippen LogP contribution is -2.05. The molecule has 0 saturated heterocycles. The van der Waals surface area contributed by atoms with E-state index in [1.165, 1.54) is 0 Å². The Bertz CT molecular complexity index is 743. The Balaban J connectivity index is 1.91. The average Bonchev–Trinajstić information content (AvgIpc) is 2.83. The molecule has 1 aliphatic rings. The Morgan fingerprint density at radius 3 is 2.38 bits per heavy atom. The summed E-state index contributed by atoms with van der Waals surface area (Å²) in [5.41, 5.74) is 3.09. The van der Waals surface area contributed by atoms with Crippen molar-refractivity contribution in [1.82, 2.24) is 0 Å². The third-order valence-corrected chi connectivity index (χ3v) is 3.34. The molecular weight excluding hydrogens is 286 g/mol. The van der Waals surface area contributed by atoms with Gasteiger partial charge >= 0.3 is 5.97 Å². The number of carbonyl (C=O) groups excluding carboxylic acids is 1. The first-order valence-electron chi connectivity index (χ1n) is 6.47. The number of hydrogen-bond donors (Lipinski definition) is 0. The molecule has 1 heterocycles. The summed E-state index contributed by atoms with van der Waals surface area (Å²) < 4.78 is 5.20. The normalized spacial score (nSPS) is 16.0. The van der Waals surface area contributed by atoms with Gasteiger partial charge < -0.3 is 4.74 Å². The van der Waals surface area contributed by atoms with Crippen molar-refractivity contribution < 1.29 is 9.53 Å². The molecule has 104 valence electrons. The van der Waals surface area contributed by atoms with Crippen molar-refractivity contribution in [2.24, 2.45) is 4.99 Å². The molecule has 0 radical (unpaired) electrons. The largest absolute Gasteiger partial charge is 0.402 e. The zero-order valence-corrected chi connectivity index (χ0v) is 12.1. The summed E-state index contributed by atoms with van der Waals surface area (Å²) in [7, 11) is 0. The van der Waals surface area contributed by atoms with Crippen LogP contribution in [-0.2, 0) is 9.53 Å². The van der Waals surface area contributed by atoms with E-state index in [9.17, 15) is 4.79 Å². The zero-order valence-electron chi connectivity index (χ0n) is 11.3. The summed E-state index contributed by atoms with van der Waals surface area (Å²) in [6, 6.07) is 14.8. The van der Waals surface area contributed by atoms with Crippen LogP contribution in [0.25, 0.3) is 6.08 Å². The van der Waals surface area contributed by atoms with E-state index in [1.807, 2.05) is 31.2 Å². The van der Waals surface area contributed by atoms with E-state index in [1.54, 1.807) is 30.3 Å². The standard InChI is InChI=1S/C17H12ClNO2/c1-11-2-4-12(5-3-11)10-15-17(20)21-16(19-15)13-6-8-14(18)9-7-13/h2-10H,1H3. The van der Waals surface area contributed by atoms with Gasteiger partial charge in [-0.1, -0.05) is 41.4 Å². The fourth-order valence-corrected chi connectivity index (χ4v) is 2.07. The Morgan fingerprint density at radius 1 is 1.05 bits per heavy atom. The third-order valence-electron chi connectivity index (χ3n) is 3.09. The van der Waals surface area contributed by atoms with E-state index < -0.39 is 5.97 Å². The van der Waals surface area contributed by atoms with Gasteiger partial charge in [-0.25, -0.2) is 9.79 Å². The Hall–Kier alpha value is -2.39. The molecule has 2 aromatic rings. The van der Waals surface area contributed by atoms with Gasteiger partial charge in [0.15, 0.2) is 5.70 Å². The first-order valence-corrected chi connectivity index (χ1v) is 6.85. The molecule has 3 rings (SSSR count). The van der Waals surface area contributed by atoms with Gasteiger partial charge in [0.25, 0.3) is 0 Å². The average molecular weight is 298 g/mol. The molecule has 0 aromatic heterocycles. The lowest BCUT2D eigenvalue weighted by Gasteiger charge is -1.98. The maximum absolute atomic E-state index is 11.9. The number of ether oxygens (including phenoxy) is 1. The number of hydrogen-bond acceptors (Lipinski definition) is 3. The monoisotopic (exact) mass is 297 g/mol. The number of benzene rings is 2. The van der Waals surface area contributed by atoms with Gasteiger partial charge in [-0.2, -0.15) is 0 Å². The SMILES string of the molecule is Cc1ccc(C=C2N=C(c3ccc(Cl)cc3)OC2=O)cc1. The number of halogens is 1. The molecule has 0 spiro atoms. The van der Waals surface area contributed by atoms with Gasteiger partial charge in [-0.15, -0.1) is 0 Å². The number of esters is 1. The molecule has 2 aromatic carbocycles. The molecule has 4 heteroatoms. The molecule has 0 atom stereocenters. The lowest BCUT2D eigenvalue weighted by atomic mass is 10.1. The van der Waals surface area contributed by atoms with E-state index in [0.717, 1.165) is 16.7 Å². The molecule has 3 nitrogen and oxygen atoms in total. The number of carbonyl (C=O) groups is 1. The van der Waals surface area contributed by atoms with Crippen molar-refractivity contribution in [2.75, 3.05) is 0 Å². The maximum Gasteiger partial charge on any atom is 0.363 e. The van der Waals surface area contributed by atoms with Crippen LogP contribution in [0.3, 0.4) is 0 Å². The lowest BCUT2D eigenvalue weighted by molar-refractivity contribution is -0.129. The number of cyclic esters (lactones) is 1. The van der Waals surface area contributed by atoms with Crippen molar-refractivity contribution in [3.8, 4) is 0 Å². The number of aryl methyl sites for hydroxylation is 1. The molecule has 0 N–H and O–H groups in total. The third kappa shape index (κ3) is 3.03. The van der Waals surface area contributed by atoms with Crippen LogP contribution in [0.4, 0.5) is 0 Å². The summed E-state index contributed by atoms with van der Waals surface area (Å²) in [5, 5.41) is 0.624. The summed E-state index contributed by atoms with van der Waals surface area (Å²) in [4.78, 5) is 16.1. The minimum absolute atomic E-state index is 0.295. The van der Waals surface area contributed by atoms with Crippen LogP contribution in [0.2, 0.25) is 5.02 Å².